The van der Waals surface area contributed by atoms with Crippen molar-refractivity contribution in [3.05, 3.63) is 29.8 Å². The third-order valence-electron chi connectivity index (χ3n) is 3.55. The molecular formula is C15H24N2O2. The van der Waals surface area contributed by atoms with Crippen molar-refractivity contribution in [2.75, 3.05) is 52.4 Å². The average Bonchev–Trinajstić information content (AvgIpc) is 2.84. The number of anilines is 1. The number of hydrogen-bond acceptors (Lipinski definition) is 4. The van der Waals surface area contributed by atoms with E-state index >= 15 is 0 Å². The molecule has 1 unspecified atom stereocenters. The van der Waals surface area contributed by atoms with Crippen molar-refractivity contribution >= 4 is 5.69 Å². The predicted octanol–water partition coefficient (Wildman–Crippen LogP) is 1.62. The summed E-state index contributed by atoms with van der Waals surface area (Å²) in [5, 5.41) is 3.59. The van der Waals surface area contributed by atoms with Gasteiger partial charge in [0.25, 0.3) is 0 Å². The van der Waals surface area contributed by atoms with Crippen LogP contribution < -0.4 is 5.32 Å². The van der Waals surface area contributed by atoms with Gasteiger partial charge in [0.2, 0.25) is 0 Å². The Morgan fingerprint density at radius 3 is 2.47 bits per heavy atom. The molecule has 0 bridgehead atoms. The summed E-state index contributed by atoms with van der Waals surface area (Å²) in [6, 6.07) is 9.05. The number of fused-ring (bicyclic) bond motifs is 1. The molecule has 1 heterocycles. The summed E-state index contributed by atoms with van der Waals surface area (Å²) in [5.74, 6) is 0. The normalized spacial score (nSPS) is 17.5. The second kappa shape index (κ2) is 7.48. The molecule has 19 heavy (non-hydrogen) atoms. The largest absolute Gasteiger partial charge is 0.383 e. The molecule has 0 spiro atoms. The molecule has 1 aromatic rings. The Labute approximate surface area is 115 Å². The molecule has 0 saturated heterocycles. The van der Waals surface area contributed by atoms with Crippen LogP contribution in [0.5, 0.6) is 0 Å². The Balaban J connectivity index is 1.84. The SMILES string of the molecule is COCCN(CCOC)CC1Cc2ccccc2N1. The van der Waals surface area contributed by atoms with Gasteiger partial charge in [0.1, 0.15) is 0 Å². The van der Waals surface area contributed by atoms with Crippen LogP contribution in [0.4, 0.5) is 5.69 Å². The number of rotatable bonds is 8. The van der Waals surface area contributed by atoms with E-state index in [-0.39, 0.29) is 0 Å². The summed E-state index contributed by atoms with van der Waals surface area (Å²) in [7, 11) is 3.50. The van der Waals surface area contributed by atoms with Crippen LogP contribution in [-0.4, -0.2) is 58.0 Å². The van der Waals surface area contributed by atoms with E-state index in [1.807, 2.05) is 0 Å². The first-order chi connectivity index (χ1) is 9.33. The van der Waals surface area contributed by atoms with Crippen LogP contribution in [0.15, 0.2) is 24.3 Å². The Morgan fingerprint density at radius 1 is 1.16 bits per heavy atom. The van der Waals surface area contributed by atoms with Crippen molar-refractivity contribution in [3.8, 4) is 0 Å². The number of methoxy groups -OCH3 is 2. The first-order valence-corrected chi connectivity index (χ1v) is 6.88. The van der Waals surface area contributed by atoms with E-state index in [9.17, 15) is 0 Å². The summed E-state index contributed by atoms with van der Waals surface area (Å²) in [6.07, 6.45) is 1.10. The number of hydrogen-bond donors (Lipinski definition) is 1. The maximum atomic E-state index is 5.18. The number of nitrogens with one attached hydrogen (secondary N) is 1. The molecule has 0 saturated carbocycles. The summed E-state index contributed by atoms with van der Waals surface area (Å²) >= 11 is 0. The molecular weight excluding hydrogens is 240 g/mol. The van der Waals surface area contributed by atoms with Crippen molar-refractivity contribution in [2.45, 2.75) is 12.5 Å². The van der Waals surface area contributed by atoms with Crippen molar-refractivity contribution in [3.63, 3.8) is 0 Å². The van der Waals surface area contributed by atoms with E-state index in [0.29, 0.717) is 6.04 Å². The van der Waals surface area contributed by atoms with Gasteiger partial charge >= 0.3 is 0 Å². The van der Waals surface area contributed by atoms with Gasteiger partial charge in [-0.3, -0.25) is 4.90 Å². The van der Waals surface area contributed by atoms with Gasteiger partial charge in [0.05, 0.1) is 13.2 Å². The summed E-state index contributed by atoms with van der Waals surface area (Å²) in [5.41, 5.74) is 2.71. The molecule has 1 aromatic carbocycles. The Bertz CT molecular complexity index is 351. The van der Waals surface area contributed by atoms with Crippen molar-refractivity contribution in [1.82, 2.24) is 4.90 Å². The zero-order valence-corrected chi connectivity index (χ0v) is 11.9. The van der Waals surface area contributed by atoms with Gasteiger partial charge in [-0.2, -0.15) is 0 Å². The third kappa shape index (κ3) is 4.20. The fourth-order valence-electron chi connectivity index (χ4n) is 2.53. The highest BCUT2D eigenvalue weighted by atomic mass is 16.5. The number of nitrogens with zero attached hydrogens (tertiary/aromatic N) is 1. The zero-order valence-electron chi connectivity index (χ0n) is 11.9. The number of ether oxygens (including phenoxy) is 2. The van der Waals surface area contributed by atoms with Gasteiger partial charge in [-0.15, -0.1) is 0 Å². The molecule has 0 radical (unpaired) electrons. The number of para-hydroxylation sites is 1. The van der Waals surface area contributed by atoms with Crippen LogP contribution in [0.2, 0.25) is 0 Å². The Hall–Kier alpha value is -1.10. The van der Waals surface area contributed by atoms with Gasteiger partial charge in [0.15, 0.2) is 0 Å². The summed E-state index contributed by atoms with van der Waals surface area (Å²) in [4.78, 5) is 2.40. The topological polar surface area (TPSA) is 33.7 Å². The lowest BCUT2D eigenvalue weighted by Gasteiger charge is -2.25. The highest BCUT2D eigenvalue weighted by molar-refractivity contribution is 5.56. The van der Waals surface area contributed by atoms with Gasteiger partial charge in [-0.05, 0) is 18.1 Å². The lowest BCUT2D eigenvalue weighted by Crippen LogP contribution is -2.39. The fourth-order valence-corrected chi connectivity index (χ4v) is 2.53. The molecule has 1 N–H and O–H groups in total. The van der Waals surface area contributed by atoms with Gasteiger partial charge in [0, 0.05) is 45.6 Å². The predicted molar refractivity (Wildman–Crippen MR) is 77.7 cm³/mol. The van der Waals surface area contributed by atoms with Crippen molar-refractivity contribution in [2.24, 2.45) is 0 Å². The second-order valence-electron chi connectivity index (χ2n) is 4.99. The van der Waals surface area contributed by atoms with Crippen molar-refractivity contribution < 1.29 is 9.47 Å². The molecule has 1 aliphatic rings. The summed E-state index contributed by atoms with van der Waals surface area (Å²) < 4.78 is 10.4. The molecule has 0 amide bonds. The first kappa shape index (κ1) is 14.3. The van der Waals surface area contributed by atoms with Crippen LogP contribution in [0.25, 0.3) is 0 Å². The van der Waals surface area contributed by atoms with E-state index in [1.165, 1.54) is 11.3 Å². The lowest BCUT2D eigenvalue weighted by atomic mass is 10.1. The highest BCUT2D eigenvalue weighted by Crippen LogP contribution is 2.25. The fraction of sp³-hybridized carbons (Fsp3) is 0.600. The van der Waals surface area contributed by atoms with E-state index in [0.717, 1.165) is 39.3 Å². The van der Waals surface area contributed by atoms with Gasteiger partial charge in [-0.1, -0.05) is 18.2 Å². The smallest absolute Gasteiger partial charge is 0.0589 e. The molecule has 4 nitrogen and oxygen atoms in total. The van der Waals surface area contributed by atoms with Crippen molar-refractivity contribution in [1.29, 1.82) is 0 Å². The minimum atomic E-state index is 0.492. The molecule has 2 rings (SSSR count). The minimum absolute atomic E-state index is 0.492. The Morgan fingerprint density at radius 2 is 1.84 bits per heavy atom. The van der Waals surface area contributed by atoms with E-state index in [2.05, 4.69) is 34.5 Å². The van der Waals surface area contributed by atoms with E-state index < -0.39 is 0 Å². The maximum Gasteiger partial charge on any atom is 0.0589 e. The minimum Gasteiger partial charge on any atom is -0.383 e. The third-order valence-corrected chi connectivity index (χ3v) is 3.55. The van der Waals surface area contributed by atoms with Gasteiger partial charge in [-0.25, -0.2) is 0 Å². The maximum absolute atomic E-state index is 5.18. The van der Waals surface area contributed by atoms with Crippen LogP contribution in [-0.2, 0) is 15.9 Å². The van der Waals surface area contributed by atoms with Crippen LogP contribution in [0, 0.1) is 0 Å². The van der Waals surface area contributed by atoms with Crippen LogP contribution >= 0.6 is 0 Å². The molecule has 0 aromatic heterocycles. The standard InChI is InChI=1S/C15H24N2O2/c1-18-9-7-17(8-10-19-2)12-14-11-13-5-3-4-6-15(13)16-14/h3-6,14,16H,7-12H2,1-2H3. The molecule has 0 fully saturated rings. The highest BCUT2D eigenvalue weighted by Gasteiger charge is 2.21. The van der Waals surface area contributed by atoms with Crippen LogP contribution in [0.3, 0.4) is 0 Å². The van der Waals surface area contributed by atoms with Gasteiger partial charge < -0.3 is 14.8 Å². The second-order valence-corrected chi connectivity index (χ2v) is 4.99. The molecule has 1 atom stereocenters. The van der Waals surface area contributed by atoms with E-state index in [4.69, 9.17) is 9.47 Å². The van der Waals surface area contributed by atoms with E-state index in [1.54, 1.807) is 14.2 Å². The molecule has 4 heteroatoms. The quantitative estimate of drug-likeness (QED) is 0.773. The first-order valence-electron chi connectivity index (χ1n) is 6.88. The monoisotopic (exact) mass is 264 g/mol. The number of benzene rings is 1. The molecule has 0 aliphatic carbocycles. The molecule has 1 aliphatic heterocycles. The lowest BCUT2D eigenvalue weighted by molar-refractivity contribution is 0.112. The molecule has 106 valence electrons. The average molecular weight is 264 g/mol. The zero-order chi connectivity index (χ0) is 13.5. The summed E-state index contributed by atoms with van der Waals surface area (Å²) in [6.45, 7) is 4.47. The van der Waals surface area contributed by atoms with Crippen LogP contribution in [0.1, 0.15) is 5.56 Å². The Kier molecular flexibility index (Phi) is 5.63.